The van der Waals surface area contributed by atoms with E-state index in [2.05, 4.69) is 17.1 Å². The first kappa shape index (κ1) is 7.74. The number of nitrogens with zero attached hydrogens (tertiary/aromatic N) is 2. The molecule has 5 heteroatoms. The molecule has 11 heavy (non-hydrogen) atoms. The van der Waals surface area contributed by atoms with Crippen molar-refractivity contribution in [2.24, 2.45) is 10.9 Å². The maximum atomic E-state index is 10.7. The third-order valence-corrected chi connectivity index (χ3v) is 1.30. The van der Waals surface area contributed by atoms with Crippen LogP contribution in [0.3, 0.4) is 0 Å². The molecule has 0 saturated heterocycles. The molecule has 0 radical (unpaired) electrons. The molecule has 3 N–H and O–H groups in total. The van der Waals surface area contributed by atoms with Crippen molar-refractivity contribution in [3.63, 3.8) is 0 Å². The number of hydrazine groups is 1. The van der Waals surface area contributed by atoms with Crippen LogP contribution in [0.15, 0.2) is 17.8 Å². The highest BCUT2D eigenvalue weighted by molar-refractivity contribution is 5.93. The normalized spacial score (nSPS) is 17.4. The lowest BCUT2D eigenvalue weighted by Crippen LogP contribution is -2.49. The molecule has 5 nitrogen and oxygen atoms in total. The van der Waals surface area contributed by atoms with Gasteiger partial charge in [0.05, 0.1) is 12.3 Å². The Morgan fingerprint density at radius 3 is 3.18 bits per heavy atom. The van der Waals surface area contributed by atoms with E-state index in [1.165, 1.54) is 0 Å². The molecular formula is C6H10N4O. The Labute approximate surface area is 64.5 Å². The highest BCUT2D eigenvalue weighted by atomic mass is 16.2. The highest BCUT2D eigenvalue weighted by Crippen LogP contribution is 1.95. The summed E-state index contributed by atoms with van der Waals surface area (Å²) in [5, 5.41) is 4.85. The lowest BCUT2D eigenvalue weighted by Gasteiger charge is -2.20. The van der Waals surface area contributed by atoms with E-state index in [4.69, 9.17) is 5.84 Å². The second-order valence-electron chi connectivity index (χ2n) is 2.22. The van der Waals surface area contributed by atoms with E-state index in [-0.39, 0.29) is 6.03 Å². The minimum atomic E-state index is -0.377. The zero-order valence-corrected chi connectivity index (χ0v) is 6.08. The first-order valence-corrected chi connectivity index (χ1v) is 3.22. The molecule has 0 aromatic heterocycles. The minimum absolute atomic E-state index is 0.373. The lowest BCUT2D eigenvalue weighted by atomic mass is 10.2. The molecule has 0 spiro atoms. The number of hydrogen-bond acceptors (Lipinski definition) is 3. The molecule has 0 fully saturated rings. The van der Waals surface area contributed by atoms with E-state index in [1.54, 1.807) is 6.08 Å². The van der Waals surface area contributed by atoms with Crippen molar-refractivity contribution < 1.29 is 4.79 Å². The van der Waals surface area contributed by atoms with Crippen LogP contribution in [0.5, 0.6) is 0 Å². The van der Waals surface area contributed by atoms with Crippen molar-refractivity contribution in [3.8, 4) is 0 Å². The van der Waals surface area contributed by atoms with Gasteiger partial charge in [-0.3, -0.25) is 5.01 Å². The van der Waals surface area contributed by atoms with Gasteiger partial charge in [0.25, 0.3) is 0 Å². The van der Waals surface area contributed by atoms with Crippen LogP contribution in [0, 0.1) is 0 Å². The van der Waals surface area contributed by atoms with Crippen LogP contribution in [0.2, 0.25) is 0 Å². The van der Waals surface area contributed by atoms with Gasteiger partial charge in [-0.25, -0.2) is 16.1 Å². The van der Waals surface area contributed by atoms with E-state index < -0.39 is 0 Å². The second kappa shape index (κ2) is 3.16. The Morgan fingerprint density at radius 1 is 1.91 bits per heavy atom. The fraction of sp³-hybridized carbons (Fsp3) is 0.333. The van der Waals surface area contributed by atoms with Crippen LogP contribution >= 0.6 is 0 Å². The number of amides is 2. The van der Waals surface area contributed by atoms with Crippen LogP contribution < -0.4 is 11.3 Å². The molecule has 0 saturated carbocycles. The first-order valence-electron chi connectivity index (χ1n) is 3.22. The summed E-state index contributed by atoms with van der Waals surface area (Å²) in [7, 11) is 0. The number of nitrogens with one attached hydrogen (secondary N) is 1. The number of hydrogen-bond donors (Lipinski definition) is 2. The van der Waals surface area contributed by atoms with E-state index in [1.807, 2.05) is 0 Å². The molecule has 0 aromatic rings. The van der Waals surface area contributed by atoms with Crippen molar-refractivity contribution in [1.29, 1.82) is 0 Å². The molecule has 2 amide bonds. The number of rotatable bonds is 2. The van der Waals surface area contributed by atoms with Gasteiger partial charge in [-0.15, -0.1) is 6.58 Å². The fourth-order valence-electron chi connectivity index (χ4n) is 0.772. The van der Waals surface area contributed by atoms with Crippen molar-refractivity contribution in [3.05, 3.63) is 12.7 Å². The Bertz CT molecular complexity index is 211. The predicted molar refractivity (Wildman–Crippen MR) is 41.7 cm³/mol. The maximum absolute atomic E-state index is 10.7. The summed E-state index contributed by atoms with van der Waals surface area (Å²) >= 11 is 0. The van der Waals surface area contributed by atoms with Gasteiger partial charge in [0.2, 0.25) is 0 Å². The van der Waals surface area contributed by atoms with Gasteiger partial charge in [-0.2, -0.15) is 5.10 Å². The third kappa shape index (κ3) is 1.78. The van der Waals surface area contributed by atoms with E-state index in [0.717, 1.165) is 10.7 Å². The predicted octanol–water partition coefficient (Wildman–Crippen LogP) is -0.183. The Balaban J connectivity index is 2.58. The average molecular weight is 154 g/mol. The first-order chi connectivity index (χ1) is 5.24. The maximum Gasteiger partial charge on any atom is 0.352 e. The van der Waals surface area contributed by atoms with Crippen molar-refractivity contribution >= 4 is 11.7 Å². The summed E-state index contributed by atoms with van der Waals surface area (Å²) in [6, 6.07) is -0.377. The number of urea groups is 1. The van der Waals surface area contributed by atoms with Crippen LogP contribution in [-0.4, -0.2) is 23.3 Å². The van der Waals surface area contributed by atoms with Crippen molar-refractivity contribution in [2.45, 2.75) is 6.42 Å². The monoisotopic (exact) mass is 154 g/mol. The van der Waals surface area contributed by atoms with Gasteiger partial charge in [-0.1, -0.05) is 6.08 Å². The zero-order valence-electron chi connectivity index (χ0n) is 6.08. The van der Waals surface area contributed by atoms with E-state index in [0.29, 0.717) is 13.0 Å². The zero-order chi connectivity index (χ0) is 8.27. The van der Waals surface area contributed by atoms with E-state index >= 15 is 0 Å². The number of allylic oxidation sites excluding steroid dienone is 1. The molecule has 0 aromatic carbocycles. The Morgan fingerprint density at radius 2 is 2.64 bits per heavy atom. The minimum Gasteiger partial charge on any atom is -0.255 e. The number of carbonyl (C=O) groups excluding carboxylic acids is 1. The Kier molecular flexibility index (Phi) is 2.22. The molecule has 0 aliphatic carbocycles. The van der Waals surface area contributed by atoms with Gasteiger partial charge in [0, 0.05) is 6.42 Å². The summed E-state index contributed by atoms with van der Waals surface area (Å²) in [6.07, 6.45) is 2.36. The van der Waals surface area contributed by atoms with Crippen LogP contribution in [0.4, 0.5) is 4.79 Å². The topological polar surface area (TPSA) is 70.7 Å². The molecule has 0 unspecified atom stereocenters. The molecule has 1 rings (SSSR count). The standard InChI is InChI=1S/C6H10N4O/c1-2-3-5-4-10(7)6(11)9-8-5/h2H,1,3-4,7H2,(H,9,11). The molecule has 60 valence electrons. The molecular weight excluding hydrogens is 144 g/mol. The smallest absolute Gasteiger partial charge is 0.255 e. The third-order valence-electron chi connectivity index (χ3n) is 1.30. The average Bonchev–Trinajstić information content (AvgIpc) is 1.98. The molecule has 1 aliphatic heterocycles. The largest absolute Gasteiger partial charge is 0.352 e. The summed E-state index contributed by atoms with van der Waals surface area (Å²) < 4.78 is 0. The number of hydrazone groups is 1. The summed E-state index contributed by atoms with van der Waals surface area (Å²) in [6.45, 7) is 3.92. The van der Waals surface area contributed by atoms with Gasteiger partial charge in [0.15, 0.2) is 0 Å². The van der Waals surface area contributed by atoms with Gasteiger partial charge in [0.1, 0.15) is 0 Å². The fourth-order valence-corrected chi connectivity index (χ4v) is 0.772. The SMILES string of the molecule is C=CCC1=NNC(=O)N(N)C1. The molecule has 1 aliphatic rings. The summed E-state index contributed by atoms with van der Waals surface area (Å²) in [5.41, 5.74) is 3.08. The van der Waals surface area contributed by atoms with Crippen molar-refractivity contribution in [2.75, 3.05) is 6.54 Å². The van der Waals surface area contributed by atoms with Gasteiger partial charge >= 0.3 is 6.03 Å². The molecule has 0 atom stereocenters. The number of carbonyl (C=O) groups is 1. The van der Waals surface area contributed by atoms with E-state index in [9.17, 15) is 4.79 Å². The molecule has 0 bridgehead atoms. The van der Waals surface area contributed by atoms with Gasteiger partial charge in [-0.05, 0) is 0 Å². The second-order valence-corrected chi connectivity index (χ2v) is 2.22. The van der Waals surface area contributed by atoms with Crippen molar-refractivity contribution in [1.82, 2.24) is 10.4 Å². The summed E-state index contributed by atoms with van der Waals surface area (Å²) in [5.74, 6) is 5.31. The van der Waals surface area contributed by atoms with Crippen LogP contribution in [0.1, 0.15) is 6.42 Å². The Hall–Kier alpha value is -1.36. The summed E-state index contributed by atoms with van der Waals surface area (Å²) in [4.78, 5) is 10.7. The van der Waals surface area contributed by atoms with Crippen LogP contribution in [-0.2, 0) is 0 Å². The number of nitrogens with two attached hydrogens (primary N) is 1. The highest BCUT2D eigenvalue weighted by Gasteiger charge is 2.15. The molecule has 1 heterocycles. The quantitative estimate of drug-likeness (QED) is 0.329. The van der Waals surface area contributed by atoms with Gasteiger partial charge < -0.3 is 0 Å². The lowest BCUT2D eigenvalue weighted by molar-refractivity contribution is 0.203. The van der Waals surface area contributed by atoms with Crippen LogP contribution in [0.25, 0.3) is 0 Å².